The second-order valence-electron chi connectivity index (χ2n) is 6.19. The van der Waals surface area contributed by atoms with Crippen molar-refractivity contribution in [2.24, 2.45) is 0 Å². The van der Waals surface area contributed by atoms with E-state index in [2.05, 4.69) is 21.1 Å². The molecule has 1 heterocycles. The Bertz CT molecular complexity index is 877. The molecule has 9 nitrogen and oxygen atoms in total. The van der Waals surface area contributed by atoms with Crippen molar-refractivity contribution in [3.63, 3.8) is 0 Å². The third kappa shape index (κ3) is 5.43. The molecule has 2 amide bonds. The number of nitrogens with one attached hydrogen (secondary N) is 3. The van der Waals surface area contributed by atoms with E-state index in [-0.39, 0.29) is 19.1 Å². The molecule has 3 N–H and O–H groups in total. The molecule has 1 aromatic carbocycles. The van der Waals surface area contributed by atoms with Crippen molar-refractivity contribution in [3.8, 4) is 11.8 Å². The first-order valence-corrected chi connectivity index (χ1v) is 8.61. The lowest BCUT2D eigenvalue weighted by atomic mass is 10.3. The summed E-state index contributed by atoms with van der Waals surface area (Å²) < 4.78 is 5.27. The topological polar surface area (TPSA) is 125 Å². The Morgan fingerprint density at radius 2 is 2.11 bits per heavy atom. The Kier molecular flexibility index (Phi) is 6.04. The highest BCUT2D eigenvalue weighted by molar-refractivity contribution is 5.93. The molecule has 0 saturated heterocycles. The molecule has 0 unspecified atom stereocenters. The number of amides is 2. The first-order chi connectivity index (χ1) is 13.6. The van der Waals surface area contributed by atoms with Gasteiger partial charge in [0.2, 0.25) is 0 Å². The number of aromatic nitrogens is 1. The van der Waals surface area contributed by atoms with Crippen LogP contribution in [-0.4, -0.2) is 35.7 Å². The lowest BCUT2D eigenvalue weighted by molar-refractivity contribution is -0.128. The van der Waals surface area contributed by atoms with Crippen LogP contribution in [0.1, 0.15) is 23.2 Å². The zero-order chi connectivity index (χ0) is 19.8. The lowest BCUT2D eigenvalue weighted by Crippen LogP contribution is -2.45. The van der Waals surface area contributed by atoms with Crippen LogP contribution in [0.3, 0.4) is 0 Å². The highest BCUT2D eigenvalue weighted by Gasteiger charge is 2.44. The van der Waals surface area contributed by atoms with E-state index >= 15 is 0 Å². The van der Waals surface area contributed by atoms with Gasteiger partial charge < -0.3 is 15.4 Å². The maximum Gasteiger partial charge on any atom is 0.276 e. The minimum Gasteiger partial charge on any atom is -0.479 e. The molecule has 0 aliphatic heterocycles. The number of benzene rings is 1. The quantitative estimate of drug-likeness (QED) is 0.442. The van der Waals surface area contributed by atoms with E-state index in [9.17, 15) is 9.59 Å². The van der Waals surface area contributed by atoms with Crippen molar-refractivity contribution in [3.05, 3.63) is 54.4 Å². The Balaban J connectivity index is 1.45. The number of hydrogen-bond donors (Lipinski definition) is 3. The van der Waals surface area contributed by atoms with Crippen LogP contribution in [0.5, 0.6) is 5.75 Å². The van der Waals surface area contributed by atoms with Gasteiger partial charge in [-0.05, 0) is 37.1 Å². The first kappa shape index (κ1) is 19.1. The number of hydrogen-bond acceptors (Lipinski definition) is 7. The van der Waals surface area contributed by atoms with Crippen LogP contribution >= 0.6 is 0 Å². The number of anilines is 1. The summed E-state index contributed by atoms with van der Waals surface area (Å²) in [5.41, 5.74) is 2.75. The van der Waals surface area contributed by atoms with Crippen LogP contribution in [0.15, 0.2) is 48.8 Å². The summed E-state index contributed by atoms with van der Waals surface area (Å²) in [7, 11) is 0. The number of carbonyl (C=O) groups excluding carboxylic acids is 2. The number of pyridine rings is 1. The molecule has 3 rings (SSSR count). The molecule has 0 radical (unpaired) electrons. The molecule has 1 fully saturated rings. The summed E-state index contributed by atoms with van der Waals surface area (Å²) in [6.45, 7) is -0.353. The van der Waals surface area contributed by atoms with Gasteiger partial charge >= 0.3 is 0 Å². The average Bonchev–Trinajstić information content (AvgIpc) is 3.45. The number of rotatable bonds is 9. The SMILES string of the molecule is N#CCOc1cccc(NC2(NC(=O)CONC(=O)c3cccnc3)CC2)c1. The molecular weight excluding hydrogens is 362 g/mol. The van der Waals surface area contributed by atoms with Gasteiger partial charge in [-0.3, -0.25) is 19.4 Å². The maximum atomic E-state index is 12.1. The monoisotopic (exact) mass is 381 g/mol. The Morgan fingerprint density at radius 3 is 2.82 bits per heavy atom. The van der Waals surface area contributed by atoms with Crippen LogP contribution in [0.25, 0.3) is 0 Å². The molecule has 0 bridgehead atoms. The first-order valence-electron chi connectivity index (χ1n) is 8.61. The van der Waals surface area contributed by atoms with Gasteiger partial charge in [-0.2, -0.15) is 5.26 Å². The van der Waals surface area contributed by atoms with Crippen molar-refractivity contribution in [1.29, 1.82) is 5.26 Å². The van der Waals surface area contributed by atoms with Gasteiger partial charge in [0.25, 0.3) is 11.8 Å². The van der Waals surface area contributed by atoms with Crippen LogP contribution in [0.4, 0.5) is 5.69 Å². The fourth-order valence-electron chi connectivity index (χ4n) is 2.49. The largest absolute Gasteiger partial charge is 0.479 e. The van der Waals surface area contributed by atoms with Gasteiger partial charge in [0.05, 0.1) is 5.56 Å². The van der Waals surface area contributed by atoms with Crippen LogP contribution in [-0.2, 0) is 9.63 Å². The minimum absolute atomic E-state index is 0.0343. The second-order valence-corrected chi connectivity index (χ2v) is 6.19. The third-order valence-electron chi connectivity index (χ3n) is 3.94. The predicted molar refractivity (Wildman–Crippen MR) is 98.9 cm³/mol. The summed E-state index contributed by atoms with van der Waals surface area (Å²) in [6.07, 6.45) is 4.46. The van der Waals surface area contributed by atoms with E-state index in [1.54, 1.807) is 36.5 Å². The summed E-state index contributed by atoms with van der Waals surface area (Å²) in [6, 6.07) is 12.3. The van der Waals surface area contributed by atoms with Crippen molar-refractivity contribution >= 4 is 17.5 Å². The molecule has 1 aliphatic carbocycles. The molecule has 2 aromatic rings. The summed E-state index contributed by atoms with van der Waals surface area (Å²) in [4.78, 5) is 32.8. The summed E-state index contributed by atoms with van der Waals surface area (Å²) in [5, 5.41) is 14.7. The van der Waals surface area contributed by atoms with Crippen LogP contribution in [0, 0.1) is 11.3 Å². The van der Waals surface area contributed by atoms with E-state index in [1.165, 1.54) is 6.20 Å². The Morgan fingerprint density at radius 1 is 1.25 bits per heavy atom. The van der Waals surface area contributed by atoms with Crippen molar-refractivity contribution < 1.29 is 19.2 Å². The molecule has 1 aliphatic rings. The Labute approximate surface area is 161 Å². The number of nitriles is 1. The van der Waals surface area contributed by atoms with Gasteiger partial charge in [-0.25, -0.2) is 5.48 Å². The van der Waals surface area contributed by atoms with Gasteiger partial charge in [-0.15, -0.1) is 0 Å². The highest BCUT2D eigenvalue weighted by atomic mass is 16.7. The fraction of sp³-hybridized carbons (Fsp3) is 0.263. The maximum absolute atomic E-state index is 12.1. The zero-order valence-corrected chi connectivity index (χ0v) is 15.0. The molecule has 0 atom stereocenters. The van der Waals surface area contributed by atoms with E-state index in [4.69, 9.17) is 14.8 Å². The summed E-state index contributed by atoms with van der Waals surface area (Å²) in [5.74, 6) is -0.280. The normalized spacial score (nSPS) is 13.7. The Hall–Kier alpha value is -3.64. The van der Waals surface area contributed by atoms with Gasteiger partial charge in [0, 0.05) is 24.1 Å². The molecule has 28 heavy (non-hydrogen) atoms. The third-order valence-corrected chi connectivity index (χ3v) is 3.94. The average molecular weight is 381 g/mol. The van der Waals surface area contributed by atoms with Gasteiger partial charge in [0.1, 0.15) is 17.5 Å². The summed E-state index contributed by atoms with van der Waals surface area (Å²) >= 11 is 0. The number of hydroxylamine groups is 1. The molecule has 1 saturated carbocycles. The van der Waals surface area contributed by atoms with Crippen LogP contribution in [0.2, 0.25) is 0 Å². The molecule has 1 aromatic heterocycles. The van der Waals surface area contributed by atoms with E-state index < -0.39 is 11.6 Å². The highest BCUT2D eigenvalue weighted by Crippen LogP contribution is 2.36. The number of ether oxygens (including phenoxy) is 1. The second kappa shape index (κ2) is 8.83. The zero-order valence-electron chi connectivity index (χ0n) is 15.0. The van der Waals surface area contributed by atoms with Gasteiger partial charge in [-0.1, -0.05) is 6.07 Å². The molecule has 144 valence electrons. The number of nitrogens with zero attached hydrogens (tertiary/aromatic N) is 2. The standard InChI is InChI=1S/C19H19N5O4/c20-8-10-27-16-5-1-4-15(11-16)22-19(6-7-19)23-17(25)13-28-24-18(26)14-3-2-9-21-12-14/h1-5,9,11-12,22H,6-7,10,13H2,(H,23,25)(H,24,26). The molecule has 0 spiro atoms. The van der Waals surface area contributed by atoms with Crippen molar-refractivity contribution in [1.82, 2.24) is 15.8 Å². The van der Waals surface area contributed by atoms with E-state index in [0.29, 0.717) is 11.3 Å². The van der Waals surface area contributed by atoms with Crippen molar-refractivity contribution in [2.75, 3.05) is 18.5 Å². The predicted octanol–water partition coefficient (Wildman–Crippen LogP) is 1.36. The van der Waals surface area contributed by atoms with E-state index in [0.717, 1.165) is 18.5 Å². The number of carbonyl (C=O) groups is 2. The molecular formula is C19H19N5O4. The van der Waals surface area contributed by atoms with Gasteiger partial charge in [0.15, 0.2) is 13.2 Å². The molecule has 9 heteroatoms. The fourth-order valence-corrected chi connectivity index (χ4v) is 2.49. The van der Waals surface area contributed by atoms with Crippen LogP contribution < -0.4 is 20.9 Å². The smallest absolute Gasteiger partial charge is 0.276 e. The lowest BCUT2D eigenvalue weighted by Gasteiger charge is -2.21. The minimum atomic E-state index is -0.554. The van der Waals surface area contributed by atoms with Crippen molar-refractivity contribution in [2.45, 2.75) is 18.5 Å². The van der Waals surface area contributed by atoms with E-state index in [1.807, 2.05) is 12.1 Å².